The lowest BCUT2D eigenvalue weighted by Gasteiger charge is -2.31. The summed E-state index contributed by atoms with van der Waals surface area (Å²) in [7, 11) is 0. The monoisotopic (exact) mass is 326 g/mol. The van der Waals surface area contributed by atoms with E-state index in [2.05, 4.69) is 4.99 Å². The summed E-state index contributed by atoms with van der Waals surface area (Å²) >= 11 is 5.68. The maximum absolute atomic E-state index is 11.7. The molecule has 0 spiro atoms. The van der Waals surface area contributed by atoms with Gasteiger partial charge >= 0.3 is 11.9 Å². The van der Waals surface area contributed by atoms with Gasteiger partial charge in [0, 0.05) is 31.2 Å². The molecule has 2 rings (SSSR count). The molecule has 1 aliphatic rings. The third-order valence-corrected chi connectivity index (χ3v) is 2.93. The van der Waals surface area contributed by atoms with Crippen LogP contribution in [0.2, 0.25) is 5.02 Å². The number of halogens is 1. The number of nitro groups is 1. The van der Waals surface area contributed by atoms with E-state index in [4.69, 9.17) is 21.1 Å². The molecule has 0 aliphatic carbocycles. The molecule has 116 valence electrons. The molecule has 1 saturated heterocycles. The average Bonchev–Trinajstić information content (AvgIpc) is 2.37. The van der Waals surface area contributed by atoms with Gasteiger partial charge in [0.15, 0.2) is 5.92 Å². The van der Waals surface area contributed by atoms with Crippen LogP contribution in [0.4, 0.5) is 11.4 Å². The van der Waals surface area contributed by atoms with Crippen LogP contribution in [0.1, 0.15) is 13.8 Å². The van der Waals surface area contributed by atoms with E-state index in [9.17, 15) is 19.7 Å². The number of esters is 2. The molecule has 0 atom stereocenters. The highest BCUT2D eigenvalue weighted by atomic mass is 35.5. The van der Waals surface area contributed by atoms with Crippen LogP contribution in [0.25, 0.3) is 0 Å². The lowest BCUT2D eigenvalue weighted by Crippen LogP contribution is -2.46. The molecular formula is C13H11ClN2O6. The summed E-state index contributed by atoms with van der Waals surface area (Å²) in [6.07, 6.45) is 0.955. The summed E-state index contributed by atoms with van der Waals surface area (Å²) in [4.78, 5) is 37.6. The van der Waals surface area contributed by atoms with Crippen molar-refractivity contribution in [2.75, 3.05) is 0 Å². The molecule has 0 amide bonds. The Kier molecular flexibility index (Phi) is 4.14. The van der Waals surface area contributed by atoms with E-state index in [1.807, 2.05) is 0 Å². The van der Waals surface area contributed by atoms with E-state index in [0.29, 0.717) is 0 Å². The van der Waals surface area contributed by atoms with Gasteiger partial charge in [-0.05, 0) is 12.1 Å². The number of ether oxygens (including phenoxy) is 2. The van der Waals surface area contributed by atoms with Gasteiger partial charge in [-0.3, -0.25) is 24.7 Å². The summed E-state index contributed by atoms with van der Waals surface area (Å²) in [5, 5.41) is 11.1. The van der Waals surface area contributed by atoms with Crippen molar-refractivity contribution in [3.05, 3.63) is 33.3 Å². The highest BCUT2D eigenvalue weighted by molar-refractivity contribution is 6.30. The summed E-state index contributed by atoms with van der Waals surface area (Å²) in [5.41, 5.74) is -0.388. The zero-order valence-electron chi connectivity index (χ0n) is 11.6. The van der Waals surface area contributed by atoms with Crippen LogP contribution in [0, 0.1) is 16.0 Å². The maximum Gasteiger partial charge on any atom is 0.329 e. The molecule has 9 heteroatoms. The van der Waals surface area contributed by atoms with Crippen LogP contribution in [-0.4, -0.2) is 28.9 Å². The zero-order valence-corrected chi connectivity index (χ0v) is 12.4. The second-order valence-corrected chi connectivity index (χ2v) is 5.32. The average molecular weight is 327 g/mol. The number of rotatable bonds is 3. The molecule has 8 nitrogen and oxygen atoms in total. The molecule has 1 aromatic carbocycles. The van der Waals surface area contributed by atoms with Gasteiger partial charge in [0.2, 0.25) is 0 Å². The first-order valence-electron chi connectivity index (χ1n) is 6.13. The number of nitrogens with zero attached hydrogens (tertiary/aromatic N) is 2. The van der Waals surface area contributed by atoms with Crippen molar-refractivity contribution >= 4 is 41.1 Å². The number of aliphatic imine (C=N–C) groups is 1. The van der Waals surface area contributed by atoms with E-state index in [1.165, 1.54) is 26.0 Å². The SMILES string of the molecule is CC1(C)OC(=O)C(C=Nc2ccc(Cl)cc2[N+](=O)[O-])C(=O)O1. The van der Waals surface area contributed by atoms with Crippen molar-refractivity contribution in [2.45, 2.75) is 19.6 Å². The van der Waals surface area contributed by atoms with E-state index in [1.54, 1.807) is 0 Å². The Balaban J connectivity index is 2.28. The molecule has 0 unspecified atom stereocenters. The Labute approximate surface area is 129 Å². The van der Waals surface area contributed by atoms with Gasteiger partial charge < -0.3 is 9.47 Å². The van der Waals surface area contributed by atoms with Crippen LogP contribution in [0.3, 0.4) is 0 Å². The second kappa shape index (κ2) is 5.72. The third kappa shape index (κ3) is 3.40. The van der Waals surface area contributed by atoms with Gasteiger partial charge in [-0.15, -0.1) is 0 Å². The molecule has 0 aromatic heterocycles. The molecular weight excluding hydrogens is 316 g/mol. The minimum Gasteiger partial charge on any atom is -0.422 e. The largest absolute Gasteiger partial charge is 0.422 e. The van der Waals surface area contributed by atoms with Crippen molar-refractivity contribution in [3.63, 3.8) is 0 Å². The second-order valence-electron chi connectivity index (χ2n) is 4.89. The maximum atomic E-state index is 11.7. The standard InChI is InChI=1S/C13H11ClN2O6/c1-13(2)21-11(17)8(12(18)22-13)6-15-9-4-3-7(14)5-10(9)16(19)20/h3-6,8H,1-2H3. The zero-order chi connectivity index (χ0) is 16.5. The normalized spacial score (nSPS) is 18.1. The van der Waals surface area contributed by atoms with Gasteiger partial charge in [0.1, 0.15) is 5.69 Å². The fraction of sp³-hybridized carbons (Fsp3) is 0.308. The van der Waals surface area contributed by atoms with Gasteiger partial charge in [-0.2, -0.15) is 0 Å². The molecule has 1 heterocycles. The van der Waals surface area contributed by atoms with Crippen molar-refractivity contribution in [1.82, 2.24) is 0 Å². The number of carbonyl (C=O) groups excluding carboxylic acids is 2. The Bertz CT molecular complexity index is 665. The highest BCUT2D eigenvalue weighted by Crippen LogP contribution is 2.30. The number of nitro benzene ring substituents is 1. The number of hydrogen-bond acceptors (Lipinski definition) is 7. The molecule has 1 aromatic rings. The Morgan fingerprint density at radius 3 is 2.45 bits per heavy atom. The third-order valence-electron chi connectivity index (χ3n) is 2.70. The van der Waals surface area contributed by atoms with Gasteiger partial charge in [-0.1, -0.05) is 11.6 Å². The Morgan fingerprint density at radius 2 is 1.91 bits per heavy atom. The van der Waals surface area contributed by atoms with Crippen LogP contribution in [-0.2, 0) is 19.1 Å². The van der Waals surface area contributed by atoms with Crippen molar-refractivity contribution in [3.8, 4) is 0 Å². The molecule has 1 fully saturated rings. The molecule has 0 saturated carbocycles. The van der Waals surface area contributed by atoms with Crippen molar-refractivity contribution in [1.29, 1.82) is 0 Å². The number of cyclic esters (lactones) is 2. The Morgan fingerprint density at radius 1 is 1.32 bits per heavy atom. The minimum atomic E-state index is -1.37. The van der Waals surface area contributed by atoms with Gasteiger partial charge in [0.25, 0.3) is 11.5 Å². The topological polar surface area (TPSA) is 108 Å². The first kappa shape index (κ1) is 15.9. The number of hydrogen-bond donors (Lipinski definition) is 0. The molecule has 0 bridgehead atoms. The molecule has 22 heavy (non-hydrogen) atoms. The number of carbonyl (C=O) groups is 2. The van der Waals surface area contributed by atoms with E-state index >= 15 is 0 Å². The van der Waals surface area contributed by atoms with Gasteiger partial charge in [0.05, 0.1) is 4.92 Å². The summed E-state index contributed by atoms with van der Waals surface area (Å²) < 4.78 is 9.83. The lowest BCUT2D eigenvalue weighted by molar-refractivity contribution is -0.384. The summed E-state index contributed by atoms with van der Waals surface area (Å²) in [6.45, 7) is 2.83. The summed E-state index contributed by atoms with van der Waals surface area (Å²) in [5.74, 6) is -4.38. The molecule has 0 N–H and O–H groups in total. The summed E-state index contributed by atoms with van der Waals surface area (Å²) in [6, 6.07) is 3.83. The van der Waals surface area contributed by atoms with Crippen molar-refractivity contribution in [2.24, 2.45) is 10.9 Å². The molecule has 1 aliphatic heterocycles. The van der Waals surface area contributed by atoms with Crippen molar-refractivity contribution < 1.29 is 24.0 Å². The van der Waals surface area contributed by atoms with Gasteiger partial charge in [-0.25, -0.2) is 0 Å². The van der Waals surface area contributed by atoms with Crippen LogP contribution in [0.5, 0.6) is 0 Å². The molecule has 0 radical (unpaired) electrons. The van der Waals surface area contributed by atoms with E-state index < -0.39 is 28.6 Å². The van der Waals surface area contributed by atoms with Crippen LogP contribution >= 0.6 is 11.6 Å². The predicted molar refractivity (Wildman–Crippen MR) is 76.0 cm³/mol. The minimum absolute atomic E-state index is 0.0418. The smallest absolute Gasteiger partial charge is 0.329 e. The first-order valence-corrected chi connectivity index (χ1v) is 6.51. The predicted octanol–water partition coefficient (Wildman–Crippen LogP) is 2.40. The van der Waals surface area contributed by atoms with E-state index in [0.717, 1.165) is 12.3 Å². The van der Waals surface area contributed by atoms with Crippen LogP contribution < -0.4 is 0 Å². The Hall–Kier alpha value is -2.48. The highest BCUT2D eigenvalue weighted by Gasteiger charge is 2.42. The fourth-order valence-corrected chi connectivity index (χ4v) is 1.92. The fourth-order valence-electron chi connectivity index (χ4n) is 1.76. The lowest BCUT2D eigenvalue weighted by atomic mass is 10.1. The van der Waals surface area contributed by atoms with Crippen LogP contribution in [0.15, 0.2) is 23.2 Å². The first-order chi connectivity index (χ1) is 10.2. The number of benzene rings is 1. The quantitative estimate of drug-likeness (QED) is 0.277. The van der Waals surface area contributed by atoms with E-state index in [-0.39, 0.29) is 16.4 Å².